The van der Waals surface area contributed by atoms with E-state index in [1.54, 1.807) is 63.2 Å². The van der Waals surface area contributed by atoms with Crippen LogP contribution in [0.15, 0.2) is 88.1 Å². The summed E-state index contributed by atoms with van der Waals surface area (Å²) >= 11 is 0. The molecule has 1 aromatic heterocycles. The third kappa shape index (κ3) is 11.9. The Bertz CT molecular complexity index is 1940. The fourth-order valence-corrected chi connectivity index (χ4v) is 5.92. The largest absolute Gasteiger partial charge is 0.445 e. The highest BCUT2D eigenvalue weighted by Gasteiger charge is 2.29. The third-order valence-corrected chi connectivity index (χ3v) is 8.93. The van der Waals surface area contributed by atoms with Crippen LogP contribution in [0.25, 0.3) is 11.0 Å². The first-order valence-electron chi connectivity index (χ1n) is 18.0. The lowest BCUT2D eigenvalue weighted by molar-refractivity contribution is -0.128. The molecule has 0 aliphatic carbocycles. The first-order chi connectivity index (χ1) is 26.0. The standard InChI is InChI=1S/C40H47N5O9/c1-26(2)36(44-40(50)53-24-28-8-5-4-6-9-28)38(48)43-33(10-7-17-45-18-20-51-21-19-45)37(47)41-30-13-11-29(12-14-30)25-52-39(49)42-31-15-16-32-27(3)22-35(46)54-34(32)23-31/h4-6,8-9,11-16,22-23,26,33,36H,7,10,17-21,24-25H2,1-3H3,(H,41,47)(H,42,49)(H,43,48)(H,44,50)/t33-,36-/m0/s1. The van der Waals surface area contributed by atoms with Crippen LogP contribution in [0.1, 0.15) is 43.4 Å². The monoisotopic (exact) mass is 741 g/mol. The fraction of sp³-hybridized carbons (Fsp3) is 0.375. The van der Waals surface area contributed by atoms with Crippen LogP contribution in [0.2, 0.25) is 0 Å². The molecule has 14 heteroatoms. The Kier molecular flexibility index (Phi) is 14.2. The molecule has 1 aliphatic rings. The van der Waals surface area contributed by atoms with Gasteiger partial charge in [-0.15, -0.1) is 0 Å². The minimum Gasteiger partial charge on any atom is -0.445 e. The molecule has 0 bridgehead atoms. The molecule has 3 aromatic carbocycles. The van der Waals surface area contributed by atoms with E-state index in [1.807, 2.05) is 30.3 Å². The van der Waals surface area contributed by atoms with E-state index in [0.29, 0.717) is 48.6 Å². The van der Waals surface area contributed by atoms with E-state index in [2.05, 4.69) is 26.2 Å². The summed E-state index contributed by atoms with van der Waals surface area (Å²) in [6.07, 6.45) is -0.428. The number of anilines is 2. The summed E-state index contributed by atoms with van der Waals surface area (Å²) in [7, 11) is 0. The summed E-state index contributed by atoms with van der Waals surface area (Å²) in [6, 6.07) is 20.6. The molecule has 4 N–H and O–H groups in total. The van der Waals surface area contributed by atoms with Crippen LogP contribution in [-0.4, -0.2) is 73.8 Å². The zero-order valence-electron chi connectivity index (χ0n) is 30.7. The van der Waals surface area contributed by atoms with Crippen LogP contribution in [0.5, 0.6) is 0 Å². The Balaban J connectivity index is 1.16. The minimum absolute atomic E-state index is 0.0422. The summed E-state index contributed by atoms with van der Waals surface area (Å²) in [5.41, 5.74) is 3.01. The summed E-state index contributed by atoms with van der Waals surface area (Å²) in [4.78, 5) is 66.3. The van der Waals surface area contributed by atoms with Gasteiger partial charge in [-0.2, -0.15) is 0 Å². The van der Waals surface area contributed by atoms with Gasteiger partial charge in [-0.1, -0.05) is 56.3 Å². The molecule has 0 saturated carbocycles. The number of rotatable bonds is 15. The van der Waals surface area contributed by atoms with E-state index in [1.165, 1.54) is 6.07 Å². The van der Waals surface area contributed by atoms with Crippen LogP contribution in [0, 0.1) is 12.8 Å². The molecule has 2 atom stereocenters. The van der Waals surface area contributed by atoms with Crippen molar-refractivity contribution >= 4 is 46.3 Å². The van der Waals surface area contributed by atoms with Crippen molar-refractivity contribution in [3.05, 3.63) is 106 Å². The number of morpholine rings is 1. The van der Waals surface area contributed by atoms with Crippen molar-refractivity contribution in [2.24, 2.45) is 5.92 Å². The molecule has 286 valence electrons. The van der Waals surface area contributed by atoms with Gasteiger partial charge in [0.1, 0.15) is 30.9 Å². The van der Waals surface area contributed by atoms with Crippen LogP contribution < -0.4 is 26.9 Å². The number of hydrogen-bond donors (Lipinski definition) is 4. The van der Waals surface area contributed by atoms with Gasteiger partial charge in [0.05, 0.1) is 13.2 Å². The van der Waals surface area contributed by atoms with Crippen molar-refractivity contribution in [3.8, 4) is 0 Å². The molecule has 2 heterocycles. The maximum atomic E-state index is 13.6. The summed E-state index contributed by atoms with van der Waals surface area (Å²) in [5.74, 6) is -1.20. The molecule has 5 rings (SSSR count). The van der Waals surface area contributed by atoms with Crippen molar-refractivity contribution in [2.45, 2.75) is 58.9 Å². The summed E-state index contributed by atoms with van der Waals surface area (Å²) < 4.78 is 21.4. The molecule has 14 nitrogen and oxygen atoms in total. The second-order valence-electron chi connectivity index (χ2n) is 13.4. The second-order valence-corrected chi connectivity index (χ2v) is 13.4. The Morgan fingerprint density at radius 3 is 2.15 bits per heavy atom. The van der Waals surface area contributed by atoms with Gasteiger partial charge in [-0.05, 0) is 73.2 Å². The van der Waals surface area contributed by atoms with Gasteiger partial charge in [0, 0.05) is 42.0 Å². The molecule has 0 spiro atoms. The van der Waals surface area contributed by atoms with E-state index >= 15 is 0 Å². The predicted octanol–water partition coefficient (Wildman–Crippen LogP) is 5.34. The molecular formula is C40H47N5O9. The van der Waals surface area contributed by atoms with E-state index in [-0.39, 0.29) is 19.1 Å². The molecule has 0 radical (unpaired) electrons. The van der Waals surface area contributed by atoms with Gasteiger partial charge < -0.3 is 34.6 Å². The van der Waals surface area contributed by atoms with E-state index in [0.717, 1.165) is 36.1 Å². The number of aryl methyl sites for hydroxylation is 1. The number of fused-ring (bicyclic) bond motifs is 1. The van der Waals surface area contributed by atoms with Gasteiger partial charge in [-0.3, -0.25) is 19.8 Å². The van der Waals surface area contributed by atoms with E-state index < -0.39 is 41.7 Å². The molecule has 4 aromatic rings. The van der Waals surface area contributed by atoms with E-state index in [9.17, 15) is 24.0 Å². The first kappa shape index (κ1) is 39.5. The number of hydrogen-bond acceptors (Lipinski definition) is 10. The third-order valence-electron chi connectivity index (χ3n) is 8.93. The Morgan fingerprint density at radius 1 is 0.778 bits per heavy atom. The molecule has 1 aliphatic heterocycles. The van der Waals surface area contributed by atoms with Crippen molar-refractivity contribution in [1.82, 2.24) is 15.5 Å². The van der Waals surface area contributed by atoms with Gasteiger partial charge in [0.25, 0.3) is 0 Å². The van der Waals surface area contributed by atoms with Crippen molar-refractivity contribution in [1.29, 1.82) is 0 Å². The highest BCUT2D eigenvalue weighted by molar-refractivity contribution is 5.98. The molecule has 1 fully saturated rings. The highest BCUT2D eigenvalue weighted by atomic mass is 16.6. The number of ether oxygens (including phenoxy) is 3. The number of carbonyl (C=O) groups excluding carboxylic acids is 4. The Hall–Kier alpha value is -5.73. The number of benzene rings is 3. The number of nitrogens with zero attached hydrogens (tertiary/aromatic N) is 1. The van der Waals surface area contributed by atoms with Crippen molar-refractivity contribution in [2.75, 3.05) is 43.5 Å². The van der Waals surface area contributed by atoms with Crippen LogP contribution in [-0.2, 0) is 37.0 Å². The maximum absolute atomic E-state index is 13.6. The lowest BCUT2D eigenvalue weighted by Gasteiger charge is -2.28. The number of carbonyl (C=O) groups is 4. The van der Waals surface area contributed by atoms with E-state index in [4.69, 9.17) is 18.6 Å². The highest BCUT2D eigenvalue weighted by Crippen LogP contribution is 2.21. The average molecular weight is 742 g/mol. The zero-order valence-corrected chi connectivity index (χ0v) is 30.7. The number of amides is 4. The van der Waals surface area contributed by atoms with Gasteiger partial charge in [-0.25, -0.2) is 14.4 Å². The topological polar surface area (TPSA) is 178 Å². The normalized spacial score (nSPS) is 14.1. The molecule has 1 saturated heterocycles. The number of nitrogens with one attached hydrogen (secondary N) is 4. The lowest BCUT2D eigenvalue weighted by Crippen LogP contribution is -2.54. The van der Waals surface area contributed by atoms with Gasteiger partial charge in [0.15, 0.2) is 0 Å². The molecule has 0 unspecified atom stereocenters. The molecule has 54 heavy (non-hydrogen) atoms. The van der Waals surface area contributed by atoms with Crippen molar-refractivity contribution < 1.29 is 37.8 Å². The van der Waals surface area contributed by atoms with Crippen LogP contribution in [0.4, 0.5) is 21.0 Å². The zero-order chi connectivity index (χ0) is 38.5. The fourth-order valence-electron chi connectivity index (χ4n) is 5.92. The smallest absolute Gasteiger partial charge is 0.411 e. The van der Waals surface area contributed by atoms with Crippen LogP contribution >= 0.6 is 0 Å². The Labute approximate surface area is 313 Å². The maximum Gasteiger partial charge on any atom is 0.411 e. The summed E-state index contributed by atoms with van der Waals surface area (Å²) in [5, 5.41) is 11.8. The predicted molar refractivity (Wildman–Crippen MR) is 203 cm³/mol. The average Bonchev–Trinajstić information content (AvgIpc) is 3.16. The first-order valence-corrected chi connectivity index (χ1v) is 18.0. The quantitative estimate of drug-likeness (QED) is 0.116. The Morgan fingerprint density at radius 2 is 1.44 bits per heavy atom. The minimum atomic E-state index is -0.939. The van der Waals surface area contributed by atoms with Crippen LogP contribution in [0.3, 0.4) is 0 Å². The second kappa shape index (κ2) is 19.4. The SMILES string of the molecule is Cc1cc(=O)oc2cc(NC(=O)OCc3ccc(NC(=O)[C@H](CCCN4CCOCC4)NC(=O)[C@@H](NC(=O)OCc4ccccc4)C(C)C)cc3)ccc12. The van der Waals surface area contributed by atoms with Gasteiger partial charge in [0.2, 0.25) is 11.8 Å². The number of alkyl carbamates (subject to hydrolysis) is 1. The summed E-state index contributed by atoms with van der Waals surface area (Å²) in [6.45, 7) is 9.05. The van der Waals surface area contributed by atoms with Gasteiger partial charge >= 0.3 is 17.8 Å². The molecular weight excluding hydrogens is 694 g/mol. The molecule has 4 amide bonds. The lowest BCUT2D eigenvalue weighted by atomic mass is 10.0. The van der Waals surface area contributed by atoms with Crippen molar-refractivity contribution in [3.63, 3.8) is 0 Å².